The molecule has 0 bridgehead atoms. The molecule has 0 fully saturated rings. The van der Waals surface area contributed by atoms with E-state index >= 15 is 0 Å². The molecule has 0 aromatic rings. The first kappa shape index (κ1) is 21.6. The van der Waals surface area contributed by atoms with Crippen LogP contribution in [0.5, 0.6) is 0 Å². The number of unbranched alkanes of at least 4 members (excludes halogenated alkanes) is 1. The van der Waals surface area contributed by atoms with E-state index in [1.807, 2.05) is 0 Å². The van der Waals surface area contributed by atoms with Gasteiger partial charge in [0.15, 0.2) is 0 Å². The third-order valence-electron chi connectivity index (χ3n) is 3.70. The number of halogens is 6. The van der Waals surface area contributed by atoms with Crippen molar-refractivity contribution in [1.82, 2.24) is 0 Å². The molecular weight excluding hydrogens is 306 g/mol. The van der Waals surface area contributed by atoms with Crippen LogP contribution in [0.25, 0.3) is 0 Å². The van der Waals surface area contributed by atoms with Crippen molar-refractivity contribution in [1.29, 1.82) is 0 Å². The summed E-state index contributed by atoms with van der Waals surface area (Å²) in [6.07, 6.45) is -3.75. The molecule has 0 N–H and O–H groups in total. The molecule has 0 aliphatic heterocycles. The van der Waals surface area contributed by atoms with Gasteiger partial charge in [0.2, 0.25) is 17.8 Å². The van der Waals surface area contributed by atoms with Gasteiger partial charge >= 0.3 is 0 Å². The highest BCUT2D eigenvalue weighted by atomic mass is 19.3. The van der Waals surface area contributed by atoms with Crippen molar-refractivity contribution < 1.29 is 26.3 Å². The van der Waals surface area contributed by atoms with Crippen LogP contribution in [0.1, 0.15) is 78.6 Å². The van der Waals surface area contributed by atoms with E-state index < -0.39 is 56.3 Å². The number of alkyl halides is 6. The SMILES string of the molecule is CCCCC(F)(F)CCC(F)(F)CCC(F)(F)CCC(C)C. The van der Waals surface area contributed by atoms with Crippen molar-refractivity contribution in [2.75, 3.05) is 0 Å². The molecule has 0 aromatic heterocycles. The summed E-state index contributed by atoms with van der Waals surface area (Å²) in [6, 6.07) is 0. The molecular formula is C16H28F6. The van der Waals surface area contributed by atoms with Crippen LogP contribution in [0.3, 0.4) is 0 Å². The maximum absolute atomic E-state index is 13.5. The lowest BCUT2D eigenvalue weighted by atomic mass is 9.97. The van der Waals surface area contributed by atoms with E-state index in [-0.39, 0.29) is 18.8 Å². The molecule has 22 heavy (non-hydrogen) atoms. The van der Waals surface area contributed by atoms with Gasteiger partial charge in [-0.1, -0.05) is 27.2 Å². The van der Waals surface area contributed by atoms with E-state index in [9.17, 15) is 26.3 Å². The molecule has 0 rings (SSSR count). The summed E-state index contributed by atoms with van der Waals surface area (Å²) < 4.78 is 80.7. The maximum atomic E-state index is 13.5. The summed E-state index contributed by atoms with van der Waals surface area (Å²) in [6.45, 7) is 5.30. The Morgan fingerprint density at radius 1 is 0.636 bits per heavy atom. The van der Waals surface area contributed by atoms with Gasteiger partial charge in [-0.15, -0.1) is 0 Å². The minimum atomic E-state index is -3.46. The molecule has 0 heterocycles. The Kier molecular flexibility index (Phi) is 8.85. The molecule has 0 aliphatic carbocycles. The zero-order chi connectivity index (χ0) is 17.4. The molecule has 0 saturated heterocycles. The highest BCUT2D eigenvalue weighted by molar-refractivity contribution is 4.77. The molecule has 6 heteroatoms. The predicted octanol–water partition coefficient (Wildman–Crippen LogP) is 7.08. The van der Waals surface area contributed by atoms with E-state index in [0.29, 0.717) is 6.42 Å². The van der Waals surface area contributed by atoms with Crippen molar-refractivity contribution in [2.45, 2.75) is 96.3 Å². The van der Waals surface area contributed by atoms with E-state index in [4.69, 9.17) is 0 Å². The van der Waals surface area contributed by atoms with Crippen LogP contribution in [-0.4, -0.2) is 17.8 Å². The third-order valence-corrected chi connectivity index (χ3v) is 3.70. The molecule has 0 unspecified atom stereocenters. The molecule has 0 saturated carbocycles. The van der Waals surface area contributed by atoms with E-state index in [2.05, 4.69) is 0 Å². The minimum absolute atomic E-state index is 0.0728. The topological polar surface area (TPSA) is 0 Å². The third kappa shape index (κ3) is 11.2. The first-order valence-corrected chi connectivity index (χ1v) is 8.03. The Labute approximate surface area is 129 Å². The lowest BCUT2D eigenvalue weighted by Gasteiger charge is -2.23. The second kappa shape index (κ2) is 9.02. The van der Waals surface area contributed by atoms with Crippen molar-refractivity contribution in [3.63, 3.8) is 0 Å². The van der Waals surface area contributed by atoms with Crippen LogP contribution in [0.4, 0.5) is 26.3 Å². The Hall–Kier alpha value is -0.420. The second-order valence-electron chi connectivity index (χ2n) is 6.60. The lowest BCUT2D eigenvalue weighted by molar-refractivity contribution is -0.0928. The van der Waals surface area contributed by atoms with Gasteiger partial charge in [-0.3, -0.25) is 0 Å². The fraction of sp³-hybridized carbons (Fsp3) is 1.00. The standard InChI is InChI=1S/C16H28F6/c1-4-5-7-14(17,18)9-11-16(21,22)12-10-15(19,20)8-6-13(2)3/h13H,4-12H2,1-3H3. The fourth-order valence-electron chi connectivity index (χ4n) is 2.04. The number of hydrogen-bond donors (Lipinski definition) is 0. The largest absolute Gasteiger partial charge is 0.248 e. The predicted molar refractivity (Wildman–Crippen MR) is 76.9 cm³/mol. The number of rotatable bonds is 12. The Morgan fingerprint density at radius 3 is 1.36 bits per heavy atom. The van der Waals surface area contributed by atoms with Crippen LogP contribution < -0.4 is 0 Å². The normalized spacial score (nSPS) is 13.9. The van der Waals surface area contributed by atoms with Gasteiger partial charge in [-0.05, 0) is 18.8 Å². The second-order valence-corrected chi connectivity index (χ2v) is 6.60. The first-order valence-electron chi connectivity index (χ1n) is 8.03. The molecule has 0 spiro atoms. The van der Waals surface area contributed by atoms with Crippen molar-refractivity contribution >= 4 is 0 Å². The molecule has 134 valence electrons. The van der Waals surface area contributed by atoms with Crippen LogP contribution in [-0.2, 0) is 0 Å². The number of hydrogen-bond acceptors (Lipinski definition) is 0. The highest BCUT2D eigenvalue weighted by Gasteiger charge is 2.39. The Balaban J connectivity index is 4.23. The summed E-state index contributed by atoms with van der Waals surface area (Å²) in [5.74, 6) is -9.68. The van der Waals surface area contributed by atoms with Crippen LogP contribution in [0.15, 0.2) is 0 Å². The summed E-state index contributed by atoms with van der Waals surface area (Å²) in [7, 11) is 0. The summed E-state index contributed by atoms with van der Waals surface area (Å²) in [4.78, 5) is 0. The van der Waals surface area contributed by atoms with Gasteiger partial charge in [-0.2, -0.15) is 0 Å². The average molecular weight is 334 g/mol. The first-order chi connectivity index (χ1) is 9.89. The van der Waals surface area contributed by atoms with Crippen molar-refractivity contribution in [2.24, 2.45) is 5.92 Å². The summed E-state index contributed by atoms with van der Waals surface area (Å²) >= 11 is 0. The molecule has 0 aromatic carbocycles. The van der Waals surface area contributed by atoms with Gasteiger partial charge in [0, 0.05) is 38.5 Å². The molecule has 0 nitrogen and oxygen atoms in total. The minimum Gasteiger partial charge on any atom is -0.207 e. The van der Waals surface area contributed by atoms with Gasteiger partial charge in [0.1, 0.15) is 0 Å². The van der Waals surface area contributed by atoms with Crippen molar-refractivity contribution in [3.05, 3.63) is 0 Å². The van der Waals surface area contributed by atoms with Gasteiger partial charge in [-0.25, -0.2) is 26.3 Å². The van der Waals surface area contributed by atoms with E-state index in [0.717, 1.165) is 0 Å². The summed E-state index contributed by atoms with van der Waals surface area (Å²) in [5.41, 5.74) is 0. The monoisotopic (exact) mass is 334 g/mol. The Bertz CT molecular complexity index is 299. The van der Waals surface area contributed by atoms with Gasteiger partial charge < -0.3 is 0 Å². The zero-order valence-corrected chi connectivity index (χ0v) is 13.7. The maximum Gasteiger partial charge on any atom is 0.248 e. The quantitative estimate of drug-likeness (QED) is 0.335. The van der Waals surface area contributed by atoms with Crippen LogP contribution in [0, 0.1) is 5.92 Å². The summed E-state index contributed by atoms with van der Waals surface area (Å²) in [5, 5.41) is 0. The molecule has 0 amide bonds. The van der Waals surface area contributed by atoms with Gasteiger partial charge in [0.05, 0.1) is 0 Å². The van der Waals surface area contributed by atoms with Crippen molar-refractivity contribution in [3.8, 4) is 0 Å². The zero-order valence-electron chi connectivity index (χ0n) is 13.7. The lowest BCUT2D eigenvalue weighted by Crippen LogP contribution is -2.26. The van der Waals surface area contributed by atoms with E-state index in [1.165, 1.54) is 0 Å². The molecule has 0 aliphatic rings. The molecule has 0 radical (unpaired) electrons. The van der Waals surface area contributed by atoms with Gasteiger partial charge in [0.25, 0.3) is 0 Å². The molecule has 0 atom stereocenters. The average Bonchev–Trinajstić information content (AvgIpc) is 2.40. The highest BCUT2D eigenvalue weighted by Crippen LogP contribution is 2.37. The fourth-order valence-corrected chi connectivity index (χ4v) is 2.04. The van der Waals surface area contributed by atoms with Crippen LogP contribution in [0.2, 0.25) is 0 Å². The smallest absolute Gasteiger partial charge is 0.207 e. The Morgan fingerprint density at radius 2 is 1.00 bits per heavy atom. The van der Waals surface area contributed by atoms with E-state index in [1.54, 1.807) is 20.8 Å². The van der Waals surface area contributed by atoms with Crippen LogP contribution >= 0.6 is 0 Å².